The predicted molar refractivity (Wildman–Crippen MR) is 96.2 cm³/mol. The van der Waals surface area contributed by atoms with Gasteiger partial charge >= 0.3 is 0 Å². The van der Waals surface area contributed by atoms with Crippen molar-refractivity contribution in [1.29, 1.82) is 0 Å². The molecule has 24 heavy (non-hydrogen) atoms. The molecule has 0 unspecified atom stereocenters. The van der Waals surface area contributed by atoms with Gasteiger partial charge in [-0.1, -0.05) is 54.6 Å². The summed E-state index contributed by atoms with van der Waals surface area (Å²) < 4.78 is 0. The van der Waals surface area contributed by atoms with E-state index in [0.29, 0.717) is 10.7 Å². The first-order valence-corrected chi connectivity index (χ1v) is 8.48. The number of ketones is 1. The molecule has 2 aromatic carbocycles. The minimum Gasteiger partial charge on any atom is -0.302 e. The fourth-order valence-corrected chi connectivity index (χ4v) is 2.86. The second kappa shape index (κ2) is 7.66. The number of carbonyl (C=O) groups excluding carboxylic acids is 2. The lowest BCUT2D eigenvalue weighted by molar-refractivity contribution is -0.116. The lowest BCUT2D eigenvalue weighted by Gasteiger charge is -2.04. The highest BCUT2D eigenvalue weighted by molar-refractivity contribution is 7.13. The quantitative estimate of drug-likeness (QED) is 0.678. The van der Waals surface area contributed by atoms with E-state index in [4.69, 9.17) is 0 Å². The van der Waals surface area contributed by atoms with Crippen molar-refractivity contribution in [3.63, 3.8) is 0 Å². The molecule has 0 fully saturated rings. The Bertz CT molecular complexity index is 812. The number of Topliss-reactive ketones (excluding diaryl/α,β-unsaturated/α-hetero) is 1. The van der Waals surface area contributed by atoms with Crippen molar-refractivity contribution < 1.29 is 9.59 Å². The molecule has 0 aliphatic carbocycles. The maximum absolute atomic E-state index is 12.2. The molecule has 0 radical (unpaired) electrons. The van der Waals surface area contributed by atoms with Crippen molar-refractivity contribution in [3.8, 4) is 11.1 Å². The summed E-state index contributed by atoms with van der Waals surface area (Å²) >= 11 is 1.35. The Morgan fingerprint density at radius 3 is 2.29 bits per heavy atom. The molecule has 5 heteroatoms. The average Bonchev–Trinajstić information content (AvgIpc) is 3.13. The van der Waals surface area contributed by atoms with Gasteiger partial charge in [0.2, 0.25) is 5.91 Å². The number of aromatic nitrogens is 1. The van der Waals surface area contributed by atoms with Gasteiger partial charge in [0.25, 0.3) is 0 Å². The molecule has 1 heterocycles. The molecule has 1 N–H and O–H groups in total. The third kappa shape index (κ3) is 4.14. The number of hydrogen-bond acceptors (Lipinski definition) is 4. The van der Waals surface area contributed by atoms with E-state index in [2.05, 4.69) is 10.3 Å². The predicted octanol–water partition coefficient (Wildman–Crippen LogP) is 4.41. The van der Waals surface area contributed by atoms with Crippen LogP contribution in [0.25, 0.3) is 11.1 Å². The van der Waals surface area contributed by atoms with Gasteiger partial charge in [0.1, 0.15) is 0 Å². The second-order valence-electron chi connectivity index (χ2n) is 5.25. The van der Waals surface area contributed by atoms with Crippen LogP contribution in [0.4, 0.5) is 5.13 Å². The monoisotopic (exact) mass is 336 g/mol. The van der Waals surface area contributed by atoms with Gasteiger partial charge in [-0.3, -0.25) is 9.59 Å². The number of nitrogens with zero attached hydrogens (tertiary/aromatic N) is 1. The zero-order chi connectivity index (χ0) is 16.8. The molecule has 0 atom stereocenters. The van der Waals surface area contributed by atoms with Crippen LogP contribution in [0.15, 0.2) is 66.2 Å². The summed E-state index contributed by atoms with van der Waals surface area (Å²) in [6.07, 6.45) is 1.96. The normalized spacial score (nSPS) is 10.3. The minimum absolute atomic E-state index is 0.0381. The number of anilines is 1. The zero-order valence-corrected chi connectivity index (χ0v) is 13.8. The molecule has 1 amide bonds. The first-order chi connectivity index (χ1) is 11.7. The van der Waals surface area contributed by atoms with Gasteiger partial charge in [-0.15, -0.1) is 11.3 Å². The van der Waals surface area contributed by atoms with Crippen molar-refractivity contribution in [3.05, 3.63) is 71.7 Å². The number of nitrogens with one attached hydrogen (secondary N) is 1. The molecular weight excluding hydrogens is 320 g/mol. The van der Waals surface area contributed by atoms with Crippen LogP contribution in [0.2, 0.25) is 0 Å². The van der Waals surface area contributed by atoms with Crippen LogP contribution in [0.5, 0.6) is 0 Å². The van der Waals surface area contributed by atoms with E-state index in [9.17, 15) is 9.59 Å². The number of rotatable bonds is 6. The van der Waals surface area contributed by atoms with Gasteiger partial charge < -0.3 is 5.32 Å². The third-order valence-electron chi connectivity index (χ3n) is 3.57. The minimum atomic E-state index is -0.195. The van der Waals surface area contributed by atoms with E-state index < -0.39 is 0 Å². The van der Waals surface area contributed by atoms with Gasteiger partial charge in [-0.05, 0) is 11.1 Å². The molecular formula is C19H16N2O2S. The van der Waals surface area contributed by atoms with Crippen LogP contribution >= 0.6 is 11.3 Å². The lowest BCUT2D eigenvalue weighted by atomic mass is 10.0. The van der Waals surface area contributed by atoms with E-state index in [0.717, 1.165) is 11.1 Å². The van der Waals surface area contributed by atoms with E-state index >= 15 is 0 Å². The number of hydrogen-bond donors (Lipinski definition) is 1. The molecule has 0 spiro atoms. The summed E-state index contributed by atoms with van der Waals surface area (Å²) in [5, 5.41) is 5.02. The fraction of sp³-hybridized carbons (Fsp3) is 0.105. The van der Waals surface area contributed by atoms with E-state index in [1.807, 2.05) is 54.6 Å². The van der Waals surface area contributed by atoms with Crippen LogP contribution in [0.3, 0.4) is 0 Å². The second-order valence-corrected chi connectivity index (χ2v) is 6.15. The van der Waals surface area contributed by atoms with Crippen molar-refractivity contribution in [2.75, 3.05) is 5.32 Å². The molecule has 120 valence electrons. The number of thiazole rings is 1. The SMILES string of the molecule is O=C(CCC(=O)c1ccc(-c2ccccc2)cc1)Nc1nccs1. The topological polar surface area (TPSA) is 59.1 Å². The first-order valence-electron chi connectivity index (χ1n) is 7.60. The van der Waals surface area contributed by atoms with Gasteiger partial charge in [0.15, 0.2) is 10.9 Å². The molecule has 0 bridgehead atoms. The lowest BCUT2D eigenvalue weighted by Crippen LogP contribution is -2.13. The van der Waals surface area contributed by atoms with Crippen LogP contribution in [-0.2, 0) is 4.79 Å². The van der Waals surface area contributed by atoms with Crippen LogP contribution < -0.4 is 5.32 Å². The molecule has 0 aliphatic heterocycles. The summed E-state index contributed by atoms with van der Waals surface area (Å²) in [5.74, 6) is -0.233. The molecule has 0 aliphatic rings. The Morgan fingerprint density at radius 1 is 0.917 bits per heavy atom. The molecule has 4 nitrogen and oxygen atoms in total. The van der Waals surface area contributed by atoms with Crippen LogP contribution in [0.1, 0.15) is 23.2 Å². The van der Waals surface area contributed by atoms with Crippen molar-refractivity contribution in [2.45, 2.75) is 12.8 Å². The summed E-state index contributed by atoms with van der Waals surface area (Å²) in [6, 6.07) is 17.5. The van der Waals surface area contributed by atoms with Gasteiger partial charge in [0.05, 0.1) is 0 Å². The fourth-order valence-electron chi connectivity index (χ4n) is 2.32. The van der Waals surface area contributed by atoms with Crippen molar-refractivity contribution in [2.24, 2.45) is 0 Å². The highest BCUT2D eigenvalue weighted by Gasteiger charge is 2.10. The average molecular weight is 336 g/mol. The summed E-state index contributed by atoms with van der Waals surface area (Å²) in [4.78, 5) is 28.0. The van der Waals surface area contributed by atoms with E-state index in [1.54, 1.807) is 11.6 Å². The maximum atomic E-state index is 12.2. The summed E-state index contributed by atoms with van der Waals surface area (Å²) in [7, 11) is 0. The molecule has 0 saturated carbocycles. The van der Waals surface area contributed by atoms with E-state index in [-0.39, 0.29) is 24.5 Å². The Hall–Kier alpha value is -2.79. The number of benzene rings is 2. The third-order valence-corrected chi connectivity index (χ3v) is 4.26. The number of amides is 1. The Kier molecular flexibility index (Phi) is 5.13. The Labute approximate surface area is 144 Å². The van der Waals surface area contributed by atoms with Crippen LogP contribution in [0, 0.1) is 0 Å². The summed E-state index contributed by atoms with van der Waals surface area (Å²) in [6.45, 7) is 0. The Morgan fingerprint density at radius 2 is 1.62 bits per heavy atom. The molecule has 3 rings (SSSR count). The van der Waals surface area contributed by atoms with Crippen molar-refractivity contribution in [1.82, 2.24) is 4.98 Å². The standard InChI is InChI=1S/C19H16N2O2S/c22-17(10-11-18(23)21-19-20-12-13-24-19)16-8-6-15(7-9-16)14-4-2-1-3-5-14/h1-9,12-13H,10-11H2,(H,20,21,23). The van der Waals surface area contributed by atoms with Gasteiger partial charge in [0, 0.05) is 30.0 Å². The Balaban J connectivity index is 1.56. The number of carbonyl (C=O) groups is 2. The van der Waals surface area contributed by atoms with Gasteiger partial charge in [-0.25, -0.2) is 4.98 Å². The molecule has 0 saturated heterocycles. The maximum Gasteiger partial charge on any atom is 0.226 e. The molecule has 1 aromatic heterocycles. The largest absolute Gasteiger partial charge is 0.302 e. The zero-order valence-electron chi connectivity index (χ0n) is 12.9. The van der Waals surface area contributed by atoms with Crippen LogP contribution in [-0.4, -0.2) is 16.7 Å². The first kappa shape index (κ1) is 16.1. The van der Waals surface area contributed by atoms with Gasteiger partial charge in [-0.2, -0.15) is 0 Å². The highest BCUT2D eigenvalue weighted by atomic mass is 32.1. The smallest absolute Gasteiger partial charge is 0.226 e. The summed E-state index contributed by atoms with van der Waals surface area (Å²) in [5.41, 5.74) is 2.80. The van der Waals surface area contributed by atoms with Crippen molar-refractivity contribution >= 4 is 28.2 Å². The van der Waals surface area contributed by atoms with E-state index in [1.165, 1.54) is 11.3 Å². The highest BCUT2D eigenvalue weighted by Crippen LogP contribution is 2.20. The molecule has 3 aromatic rings.